The maximum absolute atomic E-state index is 13.7. The molecular weight excluding hydrogens is 460 g/mol. The number of amides is 1. The second kappa shape index (κ2) is 7.86. The highest BCUT2D eigenvalue weighted by Crippen LogP contribution is 2.33. The minimum Gasteiger partial charge on any atom is -0.386 e. The van der Waals surface area contributed by atoms with Gasteiger partial charge in [-0.25, -0.2) is 14.5 Å². The number of nitrogens with zero attached hydrogens (tertiary/aromatic N) is 6. The molecule has 0 radical (unpaired) electrons. The predicted octanol–water partition coefficient (Wildman–Crippen LogP) is 1.27. The lowest BCUT2D eigenvalue weighted by molar-refractivity contribution is -0.0796. The first-order valence-corrected chi connectivity index (χ1v) is 11.6. The molecule has 0 spiro atoms. The van der Waals surface area contributed by atoms with Gasteiger partial charge >= 0.3 is 5.69 Å². The molecule has 1 aliphatic heterocycles. The number of aromatic nitrogens is 5. The van der Waals surface area contributed by atoms with E-state index in [0.29, 0.717) is 15.2 Å². The van der Waals surface area contributed by atoms with Crippen molar-refractivity contribution >= 4 is 38.5 Å². The van der Waals surface area contributed by atoms with Gasteiger partial charge in [0.05, 0.1) is 29.6 Å². The first-order valence-electron chi connectivity index (χ1n) is 10.8. The van der Waals surface area contributed by atoms with E-state index in [0.717, 1.165) is 15.1 Å². The van der Waals surface area contributed by atoms with Crippen LogP contribution in [0.1, 0.15) is 42.0 Å². The Kier molecular flexibility index (Phi) is 5.19. The molecule has 5 rings (SSSR count). The summed E-state index contributed by atoms with van der Waals surface area (Å²) in [6.07, 6.45) is 0. The number of carbonyl (C=O) groups is 1. The van der Waals surface area contributed by atoms with Crippen molar-refractivity contribution in [3.8, 4) is 0 Å². The molecule has 3 aromatic heterocycles. The van der Waals surface area contributed by atoms with E-state index in [-0.39, 0.29) is 36.7 Å². The molecule has 4 aromatic rings. The molecular formula is C22H24N6O5S. The summed E-state index contributed by atoms with van der Waals surface area (Å²) in [5, 5.41) is 19.9. The average molecular weight is 485 g/mol. The molecule has 1 saturated heterocycles. The van der Waals surface area contributed by atoms with E-state index in [2.05, 4.69) is 10.3 Å². The molecule has 1 amide bonds. The lowest BCUT2D eigenvalue weighted by Gasteiger charge is -2.17. The summed E-state index contributed by atoms with van der Waals surface area (Å²) in [7, 11) is 1.40. The molecule has 34 heavy (non-hydrogen) atoms. The van der Waals surface area contributed by atoms with Gasteiger partial charge in [-0.05, 0) is 32.9 Å². The minimum atomic E-state index is -1.20. The number of benzene rings is 1. The summed E-state index contributed by atoms with van der Waals surface area (Å²) in [5.74, 6) is -0.547. The van der Waals surface area contributed by atoms with Crippen LogP contribution in [0.15, 0.2) is 33.9 Å². The summed E-state index contributed by atoms with van der Waals surface area (Å²) in [5.41, 5.74) is -0.594. The molecule has 178 valence electrons. The van der Waals surface area contributed by atoms with Crippen LogP contribution in [0.3, 0.4) is 0 Å². The number of aliphatic hydroxyl groups is 1. The Morgan fingerprint density at radius 1 is 1.29 bits per heavy atom. The zero-order chi connectivity index (χ0) is 24.4. The van der Waals surface area contributed by atoms with E-state index < -0.39 is 22.8 Å². The Morgan fingerprint density at radius 2 is 2.03 bits per heavy atom. The normalized spacial score (nSPS) is 18.6. The zero-order valence-electron chi connectivity index (χ0n) is 19.2. The van der Waals surface area contributed by atoms with Crippen LogP contribution in [-0.4, -0.2) is 59.0 Å². The number of para-hydroxylation sites is 1. The number of hydrogen-bond acceptors (Lipinski definition) is 8. The molecule has 11 nitrogen and oxygen atoms in total. The van der Waals surface area contributed by atoms with Crippen LogP contribution in [0.25, 0.3) is 21.3 Å². The monoisotopic (exact) mass is 484 g/mol. The van der Waals surface area contributed by atoms with Crippen LogP contribution in [-0.2, 0) is 18.4 Å². The molecule has 1 N–H and O–H groups in total. The maximum Gasteiger partial charge on any atom is 0.332 e. The number of hydroxylamine groups is 2. The standard InChI is InChI=1S/C22H24N6O5S/c1-12(2)28-20-17(18(29)25(4)21(28)31)16(19(30)27-10-22(3,32)11-33-27)15(34-20)9-26-14-8-6-5-7-13(14)23-24-26/h5-8,12,32H,9-11H2,1-4H3/t22-/m0/s1. The Hall–Kier alpha value is -3.35. The summed E-state index contributed by atoms with van der Waals surface area (Å²) in [4.78, 5) is 46.3. The molecule has 4 heterocycles. The van der Waals surface area contributed by atoms with Gasteiger partial charge in [-0.2, -0.15) is 0 Å². The largest absolute Gasteiger partial charge is 0.386 e. The molecule has 12 heteroatoms. The van der Waals surface area contributed by atoms with Crippen LogP contribution >= 0.6 is 11.3 Å². The second-order valence-electron chi connectivity index (χ2n) is 9.04. The lowest BCUT2D eigenvalue weighted by Crippen LogP contribution is -2.39. The number of hydrogen-bond donors (Lipinski definition) is 1. The van der Waals surface area contributed by atoms with Crippen LogP contribution in [0.4, 0.5) is 0 Å². The zero-order valence-corrected chi connectivity index (χ0v) is 20.0. The fourth-order valence-electron chi connectivity index (χ4n) is 4.17. The molecule has 0 aliphatic carbocycles. The molecule has 0 bridgehead atoms. The third-order valence-corrected chi connectivity index (χ3v) is 7.05. The third kappa shape index (κ3) is 3.45. The van der Waals surface area contributed by atoms with Crippen molar-refractivity contribution in [2.45, 2.75) is 39.0 Å². The SMILES string of the molecule is CC(C)n1c(=O)n(C)c(=O)c2c(C(=O)N3C[C@](C)(O)CO3)c(Cn3nnc4ccccc43)sc21. The van der Waals surface area contributed by atoms with Crippen molar-refractivity contribution < 1.29 is 14.7 Å². The van der Waals surface area contributed by atoms with Crippen molar-refractivity contribution in [2.75, 3.05) is 13.2 Å². The smallest absolute Gasteiger partial charge is 0.332 e. The minimum absolute atomic E-state index is 0.0427. The summed E-state index contributed by atoms with van der Waals surface area (Å²) < 4.78 is 4.18. The topological polar surface area (TPSA) is 124 Å². The van der Waals surface area contributed by atoms with Crippen LogP contribution in [0, 0.1) is 0 Å². The number of fused-ring (bicyclic) bond motifs is 2. The van der Waals surface area contributed by atoms with E-state index in [1.54, 1.807) is 11.6 Å². The fraction of sp³-hybridized carbons (Fsp3) is 0.409. The fourth-order valence-corrected chi connectivity index (χ4v) is 5.56. The van der Waals surface area contributed by atoms with E-state index in [1.807, 2.05) is 38.1 Å². The first-order chi connectivity index (χ1) is 16.1. The van der Waals surface area contributed by atoms with Gasteiger partial charge in [-0.15, -0.1) is 16.4 Å². The lowest BCUT2D eigenvalue weighted by atomic mass is 10.1. The van der Waals surface area contributed by atoms with Crippen molar-refractivity contribution in [1.82, 2.24) is 29.2 Å². The molecule has 1 atom stereocenters. The highest BCUT2D eigenvalue weighted by Gasteiger charge is 2.39. The number of rotatable bonds is 4. The Balaban J connectivity index is 1.77. The summed E-state index contributed by atoms with van der Waals surface area (Å²) in [6.45, 7) is 5.35. The summed E-state index contributed by atoms with van der Waals surface area (Å²) >= 11 is 1.21. The molecule has 1 fully saturated rings. The highest BCUT2D eigenvalue weighted by atomic mass is 32.1. The Morgan fingerprint density at radius 3 is 2.71 bits per heavy atom. The first kappa shape index (κ1) is 22.4. The van der Waals surface area contributed by atoms with Crippen LogP contribution in [0.5, 0.6) is 0 Å². The number of thiophene rings is 1. The van der Waals surface area contributed by atoms with Gasteiger partial charge in [0.25, 0.3) is 11.5 Å². The molecule has 0 saturated carbocycles. The van der Waals surface area contributed by atoms with Gasteiger partial charge in [0, 0.05) is 18.0 Å². The van der Waals surface area contributed by atoms with Crippen molar-refractivity contribution in [2.24, 2.45) is 7.05 Å². The predicted molar refractivity (Wildman–Crippen MR) is 126 cm³/mol. The van der Waals surface area contributed by atoms with Gasteiger partial charge < -0.3 is 5.11 Å². The van der Waals surface area contributed by atoms with Gasteiger partial charge in [-0.1, -0.05) is 17.3 Å². The van der Waals surface area contributed by atoms with Gasteiger partial charge in [0.2, 0.25) is 0 Å². The highest BCUT2D eigenvalue weighted by molar-refractivity contribution is 7.19. The van der Waals surface area contributed by atoms with Crippen molar-refractivity contribution in [3.05, 3.63) is 55.5 Å². The maximum atomic E-state index is 13.7. The van der Waals surface area contributed by atoms with Gasteiger partial charge in [0.1, 0.15) is 22.6 Å². The van der Waals surface area contributed by atoms with Crippen molar-refractivity contribution in [1.29, 1.82) is 0 Å². The molecule has 1 aromatic carbocycles. The van der Waals surface area contributed by atoms with Gasteiger partial charge in [0.15, 0.2) is 0 Å². The van der Waals surface area contributed by atoms with Crippen molar-refractivity contribution in [3.63, 3.8) is 0 Å². The van der Waals surface area contributed by atoms with Crippen LogP contribution in [0.2, 0.25) is 0 Å². The van der Waals surface area contributed by atoms with E-state index in [1.165, 1.54) is 23.0 Å². The van der Waals surface area contributed by atoms with Gasteiger partial charge in [-0.3, -0.25) is 23.6 Å². The molecule has 0 unspecified atom stereocenters. The molecule has 1 aliphatic rings. The third-order valence-electron chi connectivity index (χ3n) is 5.88. The number of carbonyl (C=O) groups excluding carboxylic acids is 1. The van der Waals surface area contributed by atoms with E-state index in [9.17, 15) is 19.5 Å². The Bertz CT molecular complexity index is 1560. The second-order valence-corrected chi connectivity index (χ2v) is 10.1. The van der Waals surface area contributed by atoms with Crippen LogP contribution < -0.4 is 11.2 Å². The average Bonchev–Trinajstić information content (AvgIpc) is 3.47. The quantitative estimate of drug-likeness (QED) is 0.463. The number of β-amino-alcohol motifs (C(OH)–C–C–N with tert-alkyl or cyclic N) is 1. The van der Waals surface area contributed by atoms with E-state index >= 15 is 0 Å². The Labute approximate surface area is 197 Å². The summed E-state index contributed by atoms with van der Waals surface area (Å²) in [6, 6.07) is 7.19. The van der Waals surface area contributed by atoms with E-state index in [4.69, 9.17) is 4.84 Å².